The molecule has 2 aliphatic heterocycles. The molecule has 3 atom stereocenters. The maximum Gasteiger partial charge on any atom is 0.319 e. The lowest BCUT2D eigenvalue weighted by Crippen LogP contribution is -2.61. The summed E-state index contributed by atoms with van der Waals surface area (Å²) in [6.45, 7) is 2.17. The molecule has 0 bridgehead atoms. The van der Waals surface area contributed by atoms with E-state index in [2.05, 4.69) is 16.0 Å². The number of halogens is 1. The average Bonchev–Trinajstić information content (AvgIpc) is 3.13. The molecule has 2 aliphatic rings. The average molecular weight is 427 g/mol. The lowest BCUT2D eigenvalue weighted by Gasteiger charge is -2.34. The molecule has 0 radical (unpaired) electrons. The molecule has 4 rings (SSSR count). The SMILES string of the molecule is Cc1cc(Cl)ccc1NC(=O)N[C@H]1C[C@H]2C(=O)N[C@H](Cc3ccccc3)C(=O)N2C1. The summed E-state index contributed by atoms with van der Waals surface area (Å²) in [6, 6.07) is 13.0. The molecule has 4 amide bonds. The van der Waals surface area contributed by atoms with Crippen LogP contribution < -0.4 is 16.0 Å². The lowest BCUT2D eigenvalue weighted by molar-refractivity contribution is -0.147. The van der Waals surface area contributed by atoms with Gasteiger partial charge in [0, 0.05) is 23.7 Å². The number of aryl methyl sites for hydroxylation is 1. The standard InChI is InChI=1S/C22H23ClN4O3/c1-13-9-15(23)7-8-17(13)26-22(30)24-16-11-19-20(28)25-18(21(29)27(19)12-16)10-14-5-3-2-4-6-14/h2-9,16,18-19H,10-12H2,1H3,(H,25,28)(H2,24,26,30)/t16-,18+,19-/m0/s1. The molecule has 0 unspecified atom stereocenters. The normalized spacial score (nSPS) is 23.0. The van der Waals surface area contributed by atoms with Crippen molar-refractivity contribution in [2.24, 2.45) is 0 Å². The quantitative estimate of drug-likeness (QED) is 0.701. The van der Waals surface area contributed by atoms with Crippen molar-refractivity contribution in [2.75, 3.05) is 11.9 Å². The molecule has 8 heteroatoms. The third kappa shape index (κ3) is 4.26. The second kappa shape index (κ2) is 8.36. The molecule has 2 heterocycles. The number of amides is 4. The van der Waals surface area contributed by atoms with Crippen LogP contribution in [-0.2, 0) is 16.0 Å². The van der Waals surface area contributed by atoms with Crippen LogP contribution in [0.25, 0.3) is 0 Å². The first-order valence-corrected chi connectivity index (χ1v) is 10.3. The second-order valence-corrected chi connectivity index (χ2v) is 8.18. The minimum absolute atomic E-state index is 0.110. The molecule has 0 aliphatic carbocycles. The first-order chi connectivity index (χ1) is 14.4. The summed E-state index contributed by atoms with van der Waals surface area (Å²) < 4.78 is 0. The monoisotopic (exact) mass is 426 g/mol. The second-order valence-electron chi connectivity index (χ2n) is 7.75. The Kier molecular flexibility index (Phi) is 5.63. The molecule has 2 fully saturated rings. The topological polar surface area (TPSA) is 90.5 Å². The maximum atomic E-state index is 12.9. The van der Waals surface area contributed by atoms with Crippen molar-refractivity contribution in [2.45, 2.75) is 37.9 Å². The molecule has 30 heavy (non-hydrogen) atoms. The van der Waals surface area contributed by atoms with Crippen LogP contribution in [0.3, 0.4) is 0 Å². The van der Waals surface area contributed by atoms with E-state index in [4.69, 9.17) is 11.6 Å². The number of piperazine rings is 1. The Hall–Kier alpha value is -3.06. The maximum absolute atomic E-state index is 12.9. The highest BCUT2D eigenvalue weighted by Gasteiger charge is 2.46. The van der Waals surface area contributed by atoms with Gasteiger partial charge in [-0.1, -0.05) is 41.9 Å². The predicted molar refractivity (Wildman–Crippen MR) is 114 cm³/mol. The number of hydrogen-bond acceptors (Lipinski definition) is 3. The van der Waals surface area contributed by atoms with Crippen molar-refractivity contribution >= 4 is 35.1 Å². The van der Waals surface area contributed by atoms with Crippen LogP contribution in [0.2, 0.25) is 5.02 Å². The van der Waals surface area contributed by atoms with Gasteiger partial charge in [-0.15, -0.1) is 0 Å². The molecule has 0 aromatic heterocycles. The van der Waals surface area contributed by atoms with Crippen molar-refractivity contribution in [3.63, 3.8) is 0 Å². The summed E-state index contributed by atoms with van der Waals surface area (Å²) in [7, 11) is 0. The van der Waals surface area contributed by atoms with Crippen molar-refractivity contribution in [1.82, 2.24) is 15.5 Å². The summed E-state index contributed by atoms with van der Waals surface area (Å²) in [5.41, 5.74) is 2.49. The number of carbonyl (C=O) groups is 3. The van der Waals surface area contributed by atoms with E-state index >= 15 is 0 Å². The highest BCUT2D eigenvalue weighted by Crippen LogP contribution is 2.24. The summed E-state index contributed by atoms with van der Waals surface area (Å²) in [5, 5.41) is 9.11. The zero-order valence-corrected chi connectivity index (χ0v) is 17.3. The van der Waals surface area contributed by atoms with E-state index in [1.54, 1.807) is 23.1 Å². The number of nitrogens with one attached hydrogen (secondary N) is 3. The van der Waals surface area contributed by atoms with Gasteiger partial charge >= 0.3 is 6.03 Å². The molecule has 2 aromatic carbocycles. The molecule has 2 aromatic rings. The first kappa shape index (κ1) is 20.2. The minimum atomic E-state index is -0.583. The van der Waals surface area contributed by atoms with E-state index < -0.39 is 12.1 Å². The molecule has 0 spiro atoms. The fourth-order valence-corrected chi connectivity index (χ4v) is 4.29. The molecular formula is C22H23ClN4O3. The largest absolute Gasteiger partial charge is 0.342 e. The molecule has 7 nitrogen and oxygen atoms in total. The Bertz CT molecular complexity index is 982. The van der Waals surface area contributed by atoms with Gasteiger partial charge in [0.15, 0.2) is 0 Å². The van der Waals surface area contributed by atoms with Crippen molar-refractivity contribution in [3.8, 4) is 0 Å². The van der Waals surface area contributed by atoms with Crippen LogP contribution in [0.1, 0.15) is 17.5 Å². The van der Waals surface area contributed by atoms with E-state index in [1.165, 1.54) is 0 Å². The van der Waals surface area contributed by atoms with E-state index in [0.717, 1.165) is 11.1 Å². The minimum Gasteiger partial charge on any atom is -0.342 e. The summed E-state index contributed by atoms with van der Waals surface area (Å²) >= 11 is 5.95. The summed E-state index contributed by atoms with van der Waals surface area (Å²) in [5.74, 6) is -0.282. The Morgan fingerprint density at radius 3 is 2.70 bits per heavy atom. The van der Waals surface area contributed by atoms with E-state index in [1.807, 2.05) is 37.3 Å². The van der Waals surface area contributed by atoms with Gasteiger partial charge in [0.05, 0.1) is 6.04 Å². The van der Waals surface area contributed by atoms with Crippen LogP contribution in [0.15, 0.2) is 48.5 Å². The smallest absolute Gasteiger partial charge is 0.319 e. The Morgan fingerprint density at radius 2 is 1.97 bits per heavy atom. The van der Waals surface area contributed by atoms with Gasteiger partial charge in [0.2, 0.25) is 11.8 Å². The molecule has 3 N–H and O–H groups in total. The predicted octanol–water partition coefficient (Wildman–Crippen LogP) is 2.48. The van der Waals surface area contributed by atoms with Crippen LogP contribution in [0.5, 0.6) is 0 Å². The molecular weight excluding hydrogens is 404 g/mol. The van der Waals surface area contributed by atoms with Crippen LogP contribution in [0, 0.1) is 6.92 Å². The third-order valence-electron chi connectivity index (χ3n) is 5.56. The fraction of sp³-hybridized carbons (Fsp3) is 0.318. The number of fused-ring (bicyclic) bond motifs is 1. The van der Waals surface area contributed by atoms with Crippen molar-refractivity contribution < 1.29 is 14.4 Å². The molecule has 0 saturated carbocycles. The summed E-state index contributed by atoms with van der Waals surface area (Å²) in [6.07, 6.45) is 0.839. The number of benzene rings is 2. The zero-order chi connectivity index (χ0) is 21.3. The summed E-state index contributed by atoms with van der Waals surface area (Å²) in [4.78, 5) is 39.5. The van der Waals surface area contributed by atoms with Gasteiger partial charge < -0.3 is 20.9 Å². The van der Waals surface area contributed by atoms with Gasteiger partial charge in [-0.05, 0) is 42.7 Å². The van der Waals surface area contributed by atoms with E-state index in [-0.39, 0.29) is 23.9 Å². The Morgan fingerprint density at radius 1 is 1.20 bits per heavy atom. The molecule has 2 saturated heterocycles. The van der Waals surface area contributed by atoms with Crippen LogP contribution >= 0.6 is 11.6 Å². The van der Waals surface area contributed by atoms with Crippen molar-refractivity contribution in [3.05, 3.63) is 64.7 Å². The third-order valence-corrected chi connectivity index (χ3v) is 5.79. The van der Waals surface area contributed by atoms with Gasteiger partial charge in [-0.2, -0.15) is 0 Å². The number of nitrogens with zero attached hydrogens (tertiary/aromatic N) is 1. The van der Waals surface area contributed by atoms with Gasteiger partial charge in [0.25, 0.3) is 0 Å². The van der Waals surface area contributed by atoms with Gasteiger partial charge in [-0.25, -0.2) is 4.79 Å². The number of carbonyl (C=O) groups excluding carboxylic acids is 3. The number of hydrogen-bond donors (Lipinski definition) is 3. The number of rotatable bonds is 4. The van der Waals surface area contributed by atoms with E-state index in [9.17, 15) is 14.4 Å². The number of anilines is 1. The highest BCUT2D eigenvalue weighted by atomic mass is 35.5. The van der Waals surface area contributed by atoms with Crippen molar-refractivity contribution in [1.29, 1.82) is 0 Å². The van der Waals surface area contributed by atoms with E-state index in [0.29, 0.717) is 30.1 Å². The van der Waals surface area contributed by atoms with Crippen LogP contribution in [-0.4, -0.2) is 47.4 Å². The Balaban J connectivity index is 1.38. The number of urea groups is 1. The first-order valence-electron chi connectivity index (χ1n) is 9.89. The van der Waals surface area contributed by atoms with Gasteiger partial charge in [0.1, 0.15) is 12.1 Å². The Labute approximate surface area is 179 Å². The fourth-order valence-electron chi connectivity index (χ4n) is 4.06. The zero-order valence-electron chi connectivity index (χ0n) is 16.5. The highest BCUT2D eigenvalue weighted by molar-refractivity contribution is 6.30. The van der Waals surface area contributed by atoms with Gasteiger partial charge in [-0.3, -0.25) is 9.59 Å². The lowest BCUT2D eigenvalue weighted by atomic mass is 10.0. The van der Waals surface area contributed by atoms with Crippen LogP contribution in [0.4, 0.5) is 10.5 Å². The molecule has 156 valence electrons.